The second kappa shape index (κ2) is 7.95. The molecule has 0 bridgehead atoms. The van der Waals surface area contributed by atoms with Crippen LogP contribution in [0.25, 0.3) is 22.1 Å². The molecule has 0 spiro atoms. The van der Waals surface area contributed by atoms with Crippen LogP contribution in [0.4, 0.5) is 11.8 Å². The van der Waals surface area contributed by atoms with Gasteiger partial charge in [0.25, 0.3) is 0 Å². The summed E-state index contributed by atoms with van der Waals surface area (Å²) in [5, 5.41) is 4.71. The number of morpholine rings is 1. The highest BCUT2D eigenvalue weighted by atomic mass is 16.5. The van der Waals surface area contributed by atoms with Crippen molar-refractivity contribution in [2.75, 3.05) is 43.1 Å². The predicted octanol–water partition coefficient (Wildman–Crippen LogP) is 3.38. The topological polar surface area (TPSA) is 83.9 Å². The lowest BCUT2D eigenvalue weighted by Gasteiger charge is -2.28. The molecule has 1 aliphatic rings. The molecule has 0 unspecified atom stereocenters. The molecule has 30 heavy (non-hydrogen) atoms. The summed E-state index contributed by atoms with van der Waals surface area (Å²) in [5.74, 6) is 1.53. The van der Waals surface area contributed by atoms with Crippen molar-refractivity contribution >= 4 is 33.8 Å². The van der Waals surface area contributed by atoms with Crippen LogP contribution in [-0.2, 0) is 11.2 Å². The fraction of sp³-hybridized carbons (Fsp3) is 0.409. The summed E-state index contributed by atoms with van der Waals surface area (Å²) in [7, 11) is 0. The van der Waals surface area contributed by atoms with Crippen molar-refractivity contribution in [1.82, 2.24) is 24.5 Å². The van der Waals surface area contributed by atoms with E-state index >= 15 is 0 Å². The second-order valence-corrected chi connectivity index (χ2v) is 7.92. The molecule has 1 aromatic carbocycles. The number of imidazole rings is 1. The summed E-state index contributed by atoms with van der Waals surface area (Å²) in [6.45, 7) is 8.08. The van der Waals surface area contributed by atoms with E-state index in [0.29, 0.717) is 19.2 Å². The molecule has 0 amide bonds. The Kier molecular flexibility index (Phi) is 5.00. The highest BCUT2D eigenvalue weighted by molar-refractivity contribution is 5.85. The smallest absolute Gasteiger partial charge is 0.226 e. The molecular formula is C22H27N7O. The third-order valence-electron chi connectivity index (χ3n) is 5.62. The van der Waals surface area contributed by atoms with Gasteiger partial charge in [0, 0.05) is 42.8 Å². The molecule has 8 nitrogen and oxygen atoms in total. The van der Waals surface area contributed by atoms with Gasteiger partial charge in [0.1, 0.15) is 0 Å². The molecule has 0 saturated carbocycles. The van der Waals surface area contributed by atoms with E-state index in [9.17, 15) is 0 Å². The number of aromatic nitrogens is 5. The van der Waals surface area contributed by atoms with Crippen molar-refractivity contribution in [3.63, 3.8) is 0 Å². The van der Waals surface area contributed by atoms with Crippen molar-refractivity contribution in [2.45, 2.75) is 26.3 Å². The lowest BCUT2D eigenvalue weighted by atomic mass is 10.1. The van der Waals surface area contributed by atoms with Crippen molar-refractivity contribution in [1.29, 1.82) is 0 Å². The van der Waals surface area contributed by atoms with E-state index in [-0.39, 0.29) is 6.04 Å². The summed E-state index contributed by atoms with van der Waals surface area (Å²) >= 11 is 0. The van der Waals surface area contributed by atoms with Crippen LogP contribution in [0.1, 0.15) is 25.5 Å². The van der Waals surface area contributed by atoms with Gasteiger partial charge < -0.3 is 24.5 Å². The molecule has 8 heteroatoms. The van der Waals surface area contributed by atoms with Crippen molar-refractivity contribution < 1.29 is 4.74 Å². The molecule has 1 saturated heterocycles. The first-order valence-electron chi connectivity index (χ1n) is 10.6. The van der Waals surface area contributed by atoms with Crippen LogP contribution in [0.15, 0.2) is 36.8 Å². The number of H-pyrrole nitrogens is 1. The molecular weight excluding hydrogens is 378 g/mol. The quantitative estimate of drug-likeness (QED) is 0.512. The first kappa shape index (κ1) is 18.9. The molecule has 1 fully saturated rings. The van der Waals surface area contributed by atoms with E-state index in [4.69, 9.17) is 14.7 Å². The van der Waals surface area contributed by atoms with Gasteiger partial charge in [0.15, 0.2) is 17.0 Å². The van der Waals surface area contributed by atoms with E-state index in [2.05, 4.69) is 69.1 Å². The summed E-state index contributed by atoms with van der Waals surface area (Å²) in [4.78, 5) is 19.9. The van der Waals surface area contributed by atoms with Gasteiger partial charge in [-0.2, -0.15) is 9.97 Å². The van der Waals surface area contributed by atoms with E-state index in [0.717, 1.165) is 43.0 Å². The van der Waals surface area contributed by atoms with Crippen LogP contribution in [-0.4, -0.2) is 57.4 Å². The maximum atomic E-state index is 5.52. The van der Waals surface area contributed by atoms with Crippen LogP contribution in [0.3, 0.4) is 0 Å². The summed E-state index contributed by atoms with van der Waals surface area (Å²) in [6, 6.07) is 8.66. The van der Waals surface area contributed by atoms with Gasteiger partial charge in [-0.25, -0.2) is 4.98 Å². The fourth-order valence-electron chi connectivity index (χ4n) is 4.00. The van der Waals surface area contributed by atoms with Crippen LogP contribution in [0.5, 0.6) is 0 Å². The number of benzene rings is 1. The minimum Gasteiger partial charge on any atom is -0.378 e. The largest absolute Gasteiger partial charge is 0.378 e. The predicted molar refractivity (Wildman–Crippen MR) is 119 cm³/mol. The van der Waals surface area contributed by atoms with E-state index in [1.54, 1.807) is 0 Å². The monoisotopic (exact) mass is 405 g/mol. The molecule has 2 N–H and O–H groups in total. The van der Waals surface area contributed by atoms with Crippen molar-refractivity contribution in [2.24, 2.45) is 0 Å². The second-order valence-electron chi connectivity index (χ2n) is 7.92. The average molecular weight is 406 g/mol. The molecule has 5 rings (SSSR count). The first-order valence-corrected chi connectivity index (χ1v) is 10.6. The van der Waals surface area contributed by atoms with Gasteiger partial charge in [0.05, 0.1) is 19.5 Å². The van der Waals surface area contributed by atoms with E-state index in [1.165, 1.54) is 16.5 Å². The van der Waals surface area contributed by atoms with Gasteiger partial charge in [-0.1, -0.05) is 18.2 Å². The van der Waals surface area contributed by atoms with Gasteiger partial charge in [-0.15, -0.1) is 0 Å². The number of anilines is 2. The highest BCUT2D eigenvalue weighted by Crippen LogP contribution is 2.27. The fourth-order valence-corrected chi connectivity index (χ4v) is 4.00. The molecule has 0 radical (unpaired) electrons. The Morgan fingerprint density at radius 2 is 2.00 bits per heavy atom. The Balaban J connectivity index is 1.42. The zero-order valence-corrected chi connectivity index (χ0v) is 17.4. The molecule has 1 aliphatic heterocycles. The van der Waals surface area contributed by atoms with Crippen LogP contribution in [0.2, 0.25) is 0 Å². The lowest BCUT2D eigenvalue weighted by Crippen LogP contribution is -2.37. The van der Waals surface area contributed by atoms with Crippen LogP contribution in [0, 0.1) is 0 Å². The normalized spacial score (nSPS) is 14.8. The highest BCUT2D eigenvalue weighted by Gasteiger charge is 2.21. The Labute approximate surface area is 175 Å². The lowest BCUT2D eigenvalue weighted by molar-refractivity contribution is 0.122. The third kappa shape index (κ3) is 3.47. The van der Waals surface area contributed by atoms with Gasteiger partial charge in [-0.05, 0) is 31.9 Å². The Morgan fingerprint density at radius 1 is 1.17 bits per heavy atom. The number of nitrogens with one attached hydrogen (secondary N) is 2. The van der Waals surface area contributed by atoms with Gasteiger partial charge >= 0.3 is 0 Å². The minimum atomic E-state index is 0.279. The van der Waals surface area contributed by atoms with Gasteiger partial charge in [0.2, 0.25) is 5.95 Å². The number of hydrogen-bond acceptors (Lipinski definition) is 6. The number of rotatable bonds is 6. The molecule has 0 aliphatic carbocycles. The van der Waals surface area contributed by atoms with E-state index in [1.807, 2.05) is 6.33 Å². The minimum absolute atomic E-state index is 0.279. The number of para-hydroxylation sites is 1. The number of nitrogens with zero attached hydrogens (tertiary/aromatic N) is 5. The zero-order chi connectivity index (χ0) is 20.5. The van der Waals surface area contributed by atoms with Gasteiger partial charge in [-0.3, -0.25) is 0 Å². The van der Waals surface area contributed by atoms with Crippen molar-refractivity contribution in [3.8, 4) is 0 Å². The number of ether oxygens (including phenoxy) is 1. The molecule has 0 atom stereocenters. The van der Waals surface area contributed by atoms with Crippen molar-refractivity contribution in [3.05, 3.63) is 42.4 Å². The summed E-state index contributed by atoms with van der Waals surface area (Å²) < 4.78 is 7.62. The summed E-state index contributed by atoms with van der Waals surface area (Å²) in [5.41, 5.74) is 4.18. The summed E-state index contributed by atoms with van der Waals surface area (Å²) in [6.07, 6.45) is 4.84. The maximum Gasteiger partial charge on any atom is 0.226 e. The Hall–Kier alpha value is -3.13. The SMILES string of the molecule is CC(C)n1cnc2c(N3CCOCC3)nc(NCCc3c[nH]c4ccccc34)nc21. The number of aromatic amines is 1. The number of hydrogen-bond donors (Lipinski definition) is 2. The first-order chi connectivity index (χ1) is 14.7. The molecule has 3 aromatic heterocycles. The third-order valence-corrected chi connectivity index (χ3v) is 5.62. The Bertz CT molecular complexity index is 1160. The number of fused-ring (bicyclic) bond motifs is 2. The molecule has 4 heterocycles. The van der Waals surface area contributed by atoms with Crippen LogP contribution < -0.4 is 10.2 Å². The maximum absolute atomic E-state index is 5.52. The molecule has 156 valence electrons. The van der Waals surface area contributed by atoms with Crippen LogP contribution >= 0.6 is 0 Å². The molecule has 4 aromatic rings. The van der Waals surface area contributed by atoms with E-state index < -0.39 is 0 Å². The standard InChI is InChI=1S/C22H27N7O/c1-15(2)29-14-25-19-20(28-9-11-30-12-10-28)26-22(27-21(19)29)23-8-7-16-13-24-18-6-4-3-5-17(16)18/h3-6,13-15,24H,7-12H2,1-2H3,(H,23,26,27). The zero-order valence-electron chi connectivity index (χ0n) is 17.4. The Morgan fingerprint density at radius 3 is 2.83 bits per heavy atom. The average Bonchev–Trinajstić information content (AvgIpc) is 3.38.